The second-order valence-electron chi connectivity index (χ2n) is 5.02. The van der Waals surface area contributed by atoms with Crippen molar-refractivity contribution in [2.45, 2.75) is 19.9 Å². The summed E-state index contributed by atoms with van der Waals surface area (Å²) in [6.45, 7) is 3.83. The molecule has 1 unspecified atom stereocenters. The van der Waals surface area contributed by atoms with Gasteiger partial charge in [-0.25, -0.2) is 0 Å². The van der Waals surface area contributed by atoms with Crippen LogP contribution in [0.3, 0.4) is 0 Å². The van der Waals surface area contributed by atoms with E-state index >= 15 is 0 Å². The number of guanidine groups is 1. The minimum Gasteiger partial charge on any atom is -0.356 e. The molecule has 2 N–H and O–H groups in total. The van der Waals surface area contributed by atoms with Crippen LogP contribution in [0.25, 0.3) is 0 Å². The molecule has 2 heterocycles. The van der Waals surface area contributed by atoms with Gasteiger partial charge in [0.2, 0.25) is 0 Å². The van der Waals surface area contributed by atoms with Crippen LogP contribution in [0, 0.1) is 5.92 Å². The summed E-state index contributed by atoms with van der Waals surface area (Å²) in [5, 5.41) is 8.77. The molecule has 6 heteroatoms. The Morgan fingerprint density at radius 2 is 2.14 bits per heavy atom. The molecule has 2 aromatic heterocycles. The fourth-order valence-corrected chi connectivity index (χ4v) is 2.88. The number of thiophene rings is 1. The summed E-state index contributed by atoms with van der Waals surface area (Å²) in [4.78, 5) is 9.96. The molecule has 0 radical (unpaired) electrons. The normalized spacial score (nSPS) is 12.4. The van der Waals surface area contributed by atoms with Crippen LogP contribution in [0.1, 0.15) is 17.5 Å². The fraction of sp³-hybridized carbons (Fsp3) is 0.375. The van der Waals surface area contributed by atoms with Gasteiger partial charge in [-0.05, 0) is 35.9 Å². The SMILES string of the molecule is CN=C(NCc1ccccn1)NCC(C)Cc1cccs1.I. The Balaban J connectivity index is 0.00000242. The summed E-state index contributed by atoms with van der Waals surface area (Å²) < 4.78 is 0. The molecule has 0 aliphatic carbocycles. The molecule has 2 aromatic rings. The number of pyridine rings is 1. The Morgan fingerprint density at radius 1 is 1.27 bits per heavy atom. The Bertz CT molecular complexity index is 543. The summed E-state index contributed by atoms with van der Waals surface area (Å²) in [5.41, 5.74) is 1.01. The Hall–Kier alpha value is -1.15. The van der Waals surface area contributed by atoms with Gasteiger partial charge in [-0.1, -0.05) is 19.1 Å². The highest BCUT2D eigenvalue weighted by molar-refractivity contribution is 14.0. The topological polar surface area (TPSA) is 49.3 Å². The number of hydrogen-bond acceptors (Lipinski definition) is 3. The molecule has 0 bridgehead atoms. The monoisotopic (exact) mass is 430 g/mol. The summed E-state index contributed by atoms with van der Waals surface area (Å²) in [6, 6.07) is 10.2. The number of hydrogen-bond donors (Lipinski definition) is 2. The van der Waals surface area contributed by atoms with Crippen LogP contribution < -0.4 is 10.6 Å². The summed E-state index contributed by atoms with van der Waals surface area (Å²) >= 11 is 1.82. The Labute approximate surface area is 153 Å². The fourth-order valence-electron chi connectivity index (χ4n) is 2.01. The lowest BCUT2D eigenvalue weighted by Crippen LogP contribution is -2.39. The lowest BCUT2D eigenvalue weighted by molar-refractivity contribution is 0.562. The molecule has 0 saturated heterocycles. The maximum Gasteiger partial charge on any atom is 0.191 e. The van der Waals surface area contributed by atoms with Crippen LogP contribution in [0.4, 0.5) is 0 Å². The van der Waals surface area contributed by atoms with Crippen LogP contribution in [-0.4, -0.2) is 24.5 Å². The van der Waals surface area contributed by atoms with Gasteiger partial charge in [-0.3, -0.25) is 9.98 Å². The van der Waals surface area contributed by atoms with Gasteiger partial charge < -0.3 is 10.6 Å². The van der Waals surface area contributed by atoms with Crippen LogP contribution >= 0.6 is 35.3 Å². The summed E-state index contributed by atoms with van der Waals surface area (Å²) in [7, 11) is 1.79. The third-order valence-corrected chi connectivity index (χ3v) is 4.03. The number of rotatable bonds is 6. The van der Waals surface area contributed by atoms with Gasteiger partial charge in [0.25, 0.3) is 0 Å². The first-order valence-corrected chi connectivity index (χ1v) is 8.02. The molecule has 0 aliphatic rings. The molecule has 0 aromatic carbocycles. The average Bonchev–Trinajstić information content (AvgIpc) is 3.01. The molecule has 1 atom stereocenters. The molecule has 22 heavy (non-hydrogen) atoms. The van der Waals surface area contributed by atoms with Gasteiger partial charge in [0.05, 0.1) is 12.2 Å². The van der Waals surface area contributed by atoms with Crippen molar-refractivity contribution in [1.82, 2.24) is 15.6 Å². The maximum absolute atomic E-state index is 4.29. The van der Waals surface area contributed by atoms with E-state index in [0.29, 0.717) is 12.5 Å². The summed E-state index contributed by atoms with van der Waals surface area (Å²) in [5.74, 6) is 1.38. The third-order valence-electron chi connectivity index (χ3n) is 3.13. The number of halogens is 1. The van der Waals surface area contributed by atoms with Crippen molar-refractivity contribution in [2.24, 2.45) is 10.9 Å². The van der Waals surface area contributed by atoms with Gasteiger partial charge in [-0.2, -0.15) is 0 Å². The van der Waals surface area contributed by atoms with E-state index in [1.807, 2.05) is 29.5 Å². The molecule has 2 rings (SSSR count). The number of nitrogens with one attached hydrogen (secondary N) is 2. The van der Waals surface area contributed by atoms with E-state index in [0.717, 1.165) is 24.6 Å². The van der Waals surface area contributed by atoms with Crippen molar-refractivity contribution in [3.63, 3.8) is 0 Å². The second-order valence-corrected chi connectivity index (χ2v) is 6.05. The van der Waals surface area contributed by atoms with Crippen molar-refractivity contribution in [2.75, 3.05) is 13.6 Å². The van der Waals surface area contributed by atoms with E-state index in [4.69, 9.17) is 0 Å². The van der Waals surface area contributed by atoms with E-state index in [2.05, 4.69) is 45.0 Å². The molecule has 0 saturated carbocycles. The largest absolute Gasteiger partial charge is 0.356 e. The van der Waals surface area contributed by atoms with E-state index in [1.165, 1.54) is 4.88 Å². The molecule has 0 spiro atoms. The van der Waals surface area contributed by atoms with Crippen molar-refractivity contribution < 1.29 is 0 Å². The molecule has 0 amide bonds. The van der Waals surface area contributed by atoms with Crippen molar-refractivity contribution >= 4 is 41.3 Å². The van der Waals surface area contributed by atoms with E-state index in [-0.39, 0.29) is 24.0 Å². The predicted octanol–water partition coefficient (Wildman–Crippen LogP) is 3.30. The highest BCUT2D eigenvalue weighted by Crippen LogP contribution is 2.13. The number of aliphatic imine (C=N–C) groups is 1. The molecular formula is C16H23IN4S. The lowest BCUT2D eigenvalue weighted by atomic mass is 10.1. The average molecular weight is 430 g/mol. The van der Waals surface area contributed by atoms with E-state index in [9.17, 15) is 0 Å². The molecular weight excluding hydrogens is 407 g/mol. The predicted molar refractivity (Wildman–Crippen MR) is 105 cm³/mol. The summed E-state index contributed by atoms with van der Waals surface area (Å²) in [6.07, 6.45) is 2.90. The van der Waals surface area contributed by atoms with Crippen molar-refractivity contribution in [3.8, 4) is 0 Å². The zero-order valence-electron chi connectivity index (χ0n) is 13.0. The van der Waals surface area contributed by atoms with Crippen LogP contribution in [0.15, 0.2) is 46.9 Å². The third kappa shape index (κ3) is 6.74. The highest BCUT2D eigenvalue weighted by atomic mass is 127. The smallest absolute Gasteiger partial charge is 0.191 e. The van der Waals surface area contributed by atoms with Crippen molar-refractivity contribution in [1.29, 1.82) is 0 Å². The molecule has 120 valence electrons. The molecule has 4 nitrogen and oxygen atoms in total. The quantitative estimate of drug-likeness (QED) is 0.420. The molecule has 0 fully saturated rings. The maximum atomic E-state index is 4.29. The first kappa shape index (κ1) is 18.9. The Morgan fingerprint density at radius 3 is 2.77 bits per heavy atom. The first-order valence-electron chi connectivity index (χ1n) is 7.14. The standard InChI is InChI=1S/C16H22N4S.HI/c1-13(10-15-7-5-9-21-15)11-19-16(17-2)20-12-14-6-3-4-8-18-14;/h3-9,13H,10-12H2,1-2H3,(H2,17,19,20);1H. The zero-order chi connectivity index (χ0) is 14.9. The van der Waals surface area contributed by atoms with E-state index in [1.54, 1.807) is 13.2 Å². The zero-order valence-corrected chi connectivity index (χ0v) is 16.1. The van der Waals surface area contributed by atoms with Gasteiger partial charge in [-0.15, -0.1) is 35.3 Å². The number of nitrogens with zero attached hydrogens (tertiary/aromatic N) is 2. The van der Waals surface area contributed by atoms with Crippen LogP contribution in [0.5, 0.6) is 0 Å². The molecule has 0 aliphatic heterocycles. The lowest BCUT2D eigenvalue weighted by Gasteiger charge is -2.15. The van der Waals surface area contributed by atoms with Crippen LogP contribution in [0.2, 0.25) is 0 Å². The first-order chi connectivity index (χ1) is 10.3. The van der Waals surface area contributed by atoms with Gasteiger partial charge in [0.1, 0.15) is 0 Å². The highest BCUT2D eigenvalue weighted by Gasteiger charge is 2.06. The van der Waals surface area contributed by atoms with Gasteiger partial charge >= 0.3 is 0 Å². The van der Waals surface area contributed by atoms with E-state index < -0.39 is 0 Å². The van der Waals surface area contributed by atoms with Crippen molar-refractivity contribution in [3.05, 3.63) is 52.5 Å². The van der Waals surface area contributed by atoms with Crippen LogP contribution in [-0.2, 0) is 13.0 Å². The second kappa shape index (κ2) is 10.6. The van der Waals surface area contributed by atoms with Gasteiger partial charge in [0.15, 0.2) is 5.96 Å². The number of aromatic nitrogens is 1. The minimum absolute atomic E-state index is 0. The Kier molecular flexibility index (Phi) is 9.07. The van der Waals surface area contributed by atoms with Gasteiger partial charge in [0, 0.05) is 24.7 Å². The minimum atomic E-state index is 0.